The van der Waals surface area contributed by atoms with E-state index in [1.807, 2.05) is 17.5 Å². The van der Waals surface area contributed by atoms with Crippen LogP contribution in [0.25, 0.3) is 4.96 Å². The van der Waals surface area contributed by atoms with Crippen molar-refractivity contribution in [3.63, 3.8) is 0 Å². The largest absolute Gasteiger partial charge is 0.497 e. The fraction of sp³-hybridized carbons (Fsp3) is 0.368. The Balaban J connectivity index is 1.33. The molecule has 7 heteroatoms. The van der Waals surface area contributed by atoms with Crippen molar-refractivity contribution in [2.75, 3.05) is 33.3 Å². The molecule has 1 aliphatic heterocycles. The number of methoxy groups -OCH3 is 1. The Hall–Kier alpha value is -2.22. The van der Waals surface area contributed by atoms with Crippen LogP contribution >= 0.6 is 11.3 Å². The molecule has 0 aliphatic carbocycles. The number of benzene rings is 1. The SMILES string of the molecule is COc1ccc(CN2CCN(Cc3cc(=O)n4ccsc4n3)CC2)cc1. The first kappa shape index (κ1) is 17.2. The topological polar surface area (TPSA) is 50.1 Å². The quantitative estimate of drug-likeness (QED) is 0.688. The van der Waals surface area contributed by atoms with E-state index in [1.54, 1.807) is 23.8 Å². The minimum atomic E-state index is 0.00407. The summed E-state index contributed by atoms with van der Waals surface area (Å²) in [7, 11) is 1.69. The van der Waals surface area contributed by atoms with Crippen LogP contribution in [-0.4, -0.2) is 52.5 Å². The third-order valence-corrected chi connectivity index (χ3v) is 5.53. The molecule has 6 nitrogen and oxygen atoms in total. The van der Waals surface area contributed by atoms with Crippen molar-refractivity contribution in [1.82, 2.24) is 19.2 Å². The van der Waals surface area contributed by atoms with E-state index in [-0.39, 0.29) is 5.56 Å². The second kappa shape index (κ2) is 7.57. The zero-order chi connectivity index (χ0) is 17.9. The Morgan fingerprint density at radius 1 is 1.08 bits per heavy atom. The van der Waals surface area contributed by atoms with Gasteiger partial charge in [-0.05, 0) is 17.7 Å². The van der Waals surface area contributed by atoms with Gasteiger partial charge in [-0.15, -0.1) is 11.3 Å². The number of nitrogens with zero attached hydrogens (tertiary/aromatic N) is 4. The van der Waals surface area contributed by atoms with Crippen LogP contribution in [0.4, 0.5) is 0 Å². The molecule has 2 aromatic heterocycles. The summed E-state index contributed by atoms with van der Waals surface area (Å²) in [6.07, 6.45) is 1.77. The number of rotatable bonds is 5. The van der Waals surface area contributed by atoms with Crippen LogP contribution in [0.1, 0.15) is 11.3 Å². The van der Waals surface area contributed by atoms with Gasteiger partial charge in [-0.3, -0.25) is 19.0 Å². The van der Waals surface area contributed by atoms with Crippen molar-refractivity contribution in [3.8, 4) is 5.75 Å². The number of aromatic nitrogens is 2. The molecule has 0 spiro atoms. The number of hydrogen-bond acceptors (Lipinski definition) is 6. The van der Waals surface area contributed by atoms with E-state index in [4.69, 9.17) is 4.74 Å². The maximum Gasteiger partial charge on any atom is 0.258 e. The lowest BCUT2D eigenvalue weighted by molar-refractivity contribution is 0.121. The number of ether oxygens (including phenoxy) is 1. The standard InChI is InChI=1S/C19H22N4O2S/c1-25-17-4-2-15(3-5-17)13-21-6-8-22(9-7-21)14-16-12-18(24)23-10-11-26-19(23)20-16/h2-5,10-12H,6-9,13-14H2,1H3. The Bertz CT molecular complexity index is 927. The molecule has 0 N–H and O–H groups in total. The molecule has 0 radical (unpaired) electrons. The molecule has 26 heavy (non-hydrogen) atoms. The lowest BCUT2D eigenvalue weighted by Crippen LogP contribution is -2.45. The van der Waals surface area contributed by atoms with Gasteiger partial charge in [0.2, 0.25) is 0 Å². The van der Waals surface area contributed by atoms with Gasteiger partial charge < -0.3 is 4.74 Å². The third-order valence-electron chi connectivity index (χ3n) is 4.77. The summed E-state index contributed by atoms with van der Waals surface area (Å²) in [6.45, 7) is 5.71. The van der Waals surface area contributed by atoms with Crippen molar-refractivity contribution in [3.05, 3.63) is 63.5 Å². The first-order valence-electron chi connectivity index (χ1n) is 8.75. The molecule has 1 saturated heterocycles. The molecule has 0 saturated carbocycles. The minimum Gasteiger partial charge on any atom is -0.497 e. The van der Waals surface area contributed by atoms with Gasteiger partial charge in [-0.2, -0.15) is 0 Å². The van der Waals surface area contributed by atoms with E-state index in [9.17, 15) is 4.79 Å². The van der Waals surface area contributed by atoms with Crippen molar-refractivity contribution in [2.45, 2.75) is 13.1 Å². The fourth-order valence-corrected chi connectivity index (χ4v) is 4.03. The smallest absolute Gasteiger partial charge is 0.258 e. The van der Waals surface area contributed by atoms with Gasteiger partial charge in [0.05, 0.1) is 12.8 Å². The van der Waals surface area contributed by atoms with Gasteiger partial charge in [0.25, 0.3) is 5.56 Å². The Labute approximate surface area is 156 Å². The highest BCUT2D eigenvalue weighted by atomic mass is 32.1. The molecule has 3 heterocycles. The van der Waals surface area contributed by atoms with Crippen molar-refractivity contribution < 1.29 is 4.74 Å². The van der Waals surface area contributed by atoms with Crippen molar-refractivity contribution in [1.29, 1.82) is 0 Å². The van der Waals surface area contributed by atoms with Crippen LogP contribution in [0.5, 0.6) is 5.75 Å². The summed E-state index contributed by atoms with van der Waals surface area (Å²) >= 11 is 1.50. The summed E-state index contributed by atoms with van der Waals surface area (Å²) < 4.78 is 6.81. The number of fused-ring (bicyclic) bond motifs is 1. The average molecular weight is 370 g/mol. The van der Waals surface area contributed by atoms with E-state index in [1.165, 1.54) is 16.9 Å². The van der Waals surface area contributed by atoms with Crippen molar-refractivity contribution >= 4 is 16.3 Å². The monoisotopic (exact) mass is 370 g/mol. The fourth-order valence-electron chi connectivity index (χ4n) is 3.29. The van der Waals surface area contributed by atoms with Crippen LogP contribution in [-0.2, 0) is 13.1 Å². The Morgan fingerprint density at radius 2 is 1.77 bits per heavy atom. The first-order chi connectivity index (χ1) is 12.7. The highest BCUT2D eigenvalue weighted by molar-refractivity contribution is 7.15. The molecule has 0 amide bonds. The zero-order valence-electron chi connectivity index (χ0n) is 14.8. The minimum absolute atomic E-state index is 0.00407. The van der Waals surface area contributed by atoms with Crippen LogP contribution < -0.4 is 10.3 Å². The Kier molecular flexibility index (Phi) is 5.01. The summed E-state index contributed by atoms with van der Waals surface area (Å²) in [5, 5.41) is 1.89. The van der Waals surface area contributed by atoms with Gasteiger partial charge in [-0.25, -0.2) is 4.98 Å². The molecule has 136 valence electrons. The lowest BCUT2D eigenvalue weighted by atomic mass is 10.2. The number of piperazine rings is 1. The van der Waals surface area contributed by atoms with E-state index < -0.39 is 0 Å². The highest BCUT2D eigenvalue weighted by Gasteiger charge is 2.18. The van der Waals surface area contributed by atoms with Gasteiger partial charge in [0.15, 0.2) is 4.96 Å². The summed E-state index contributed by atoms with van der Waals surface area (Å²) in [5.74, 6) is 0.893. The molecular weight excluding hydrogens is 348 g/mol. The van der Waals surface area contributed by atoms with Gasteiger partial charge in [0.1, 0.15) is 5.75 Å². The second-order valence-corrected chi connectivity index (χ2v) is 7.41. The predicted molar refractivity (Wildman–Crippen MR) is 103 cm³/mol. The van der Waals surface area contributed by atoms with Crippen LogP contribution in [0.2, 0.25) is 0 Å². The molecule has 0 bridgehead atoms. The van der Waals surface area contributed by atoms with E-state index in [0.29, 0.717) is 0 Å². The lowest BCUT2D eigenvalue weighted by Gasteiger charge is -2.34. The first-order valence-corrected chi connectivity index (χ1v) is 9.63. The number of hydrogen-bond donors (Lipinski definition) is 0. The highest BCUT2D eigenvalue weighted by Crippen LogP contribution is 2.15. The maximum atomic E-state index is 12.1. The Morgan fingerprint density at radius 3 is 2.46 bits per heavy atom. The normalized spacial score (nSPS) is 16.2. The van der Waals surface area contributed by atoms with Gasteiger partial charge >= 0.3 is 0 Å². The summed E-state index contributed by atoms with van der Waals surface area (Å²) in [6, 6.07) is 9.92. The number of thiazole rings is 1. The molecule has 1 fully saturated rings. The van der Waals surface area contributed by atoms with E-state index >= 15 is 0 Å². The van der Waals surface area contributed by atoms with Gasteiger partial charge in [0, 0.05) is 56.9 Å². The third kappa shape index (κ3) is 3.80. The molecule has 0 atom stereocenters. The second-order valence-electron chi connectivity index (χ2n) is 6.54. The molecule has 4 rings (SSSR count). The molecule has 3 aromatic rings. The molecule has 0 unspecified atom stereocenters. The molecule has 1 aliphatic rings. The predicted octanol–water partition coefficient (Wildman–Crippen LogP) is 2.08. The molecular formula is C19H22N4O2S. The van der Waals surface area contributed by atoms with Crippen LogP contribution in [0, 0.1) is 0 Å². The van der Waals surface area contributed by atoms with Crippen LogP contribution in [0.15, 0.2) is 46.7 Å². The maximum absolute atomic E-state index is 12.1. The van der Waals surface area contributed by atoms with E-state index in [0.717, 1.165) is 55.7 Å². The van der Waals surface area contributed by atoms with Crippen molar-refractivity contribution in [2.24, 2.45) is 0 Å². The van der Waals surface area contributed by atoms with E-state index in [2.05, 4.69) is 26.9 Å². The van der Waals surface area contributed by atoms with Crippen LogP contribution in [0.3, 0.4) is 0 Å². The average Bonchev–Trinajstić information content (AvgIpc) is 3.13. The molecule has 1 aromatic carbocycles. The summed E-state index contributed by atoms with van der Waals surface area (Å²) in [4.78, 5) is 22.3. The zero-order valence-corrected chi connectivity index (χ0v) is 15.6. The summed E-state index contributed by atoms with van der Waals surface area (Å²) in [5.41, 5.74) is 2.17. The van der Waals surface area contributed by atoms with Gasteiger partial charge in [-0.1, -0.05) is 12.1 Å².